The summed E-state index contributed by atoms with van der Waals surface area (Å²) >= 11 is 5.69. The monoisotopic (exact) mass is 290 g/mol. The van der Waals surface area contributed by atoms with Crippen LogP contribution in [0, 0.1) is 18.2 Å². The minimum absolute atomic E-state index is 0.262. The van der Waals surface area contributed by atoms with E-state index < -0.39 is 21.4 Å². The van der Waals surface area contributed by atoms with Crippen LogP contribution in [0.15, 0.2) is 17.0 Å². The number of halogens is 2. The van der Waals surface area contributed by atoms with Crippen LogP contribution in [0.1, 0.15) is 13.8 Å². The van der Waals surface area contributed by atoms with Gasteiger partial charge in [-0.05, 0) is 26.0 Å². The number of sulfonamides is 1. The van der Waals surface area contributed by atoms with Gasteiger partial charge >= 0.3 is 0 Å². The first-order valence-corrected chi connectivity index (χ1v) is 6.71. The molecule has 0 saturated carbocycles. The van der Waals surface area contributed by atoms with Gasteiger partial charge in [-0.25, -0.2) is 12.8 Å². The molecule has 0 heterocycles. The number of anilines is 1. The molecule has 4 nitrogen and oxygen atoms in total. The number of rotatable bonds is 3. The van der Waals surface area contributed by atoms with E-state index in [9.17, 15) is 12.8 Å². The Kier molecular flexibility index (Phi) is 3.91. The van der Waals surface area contributed by atoms with E-state index in [1.165, 1.54) is 13.8 Å². The van der Waals surface area contributed by atoms with Gasteiger partial charge in [0.15, 0.2) is 0 Å². The lowest BCUT2D eigenvalue weighted by Gasteiger charge is -2.20. The molecule has 0 fully saturated rings. The molecule has 0 bridgehead atoms. The highest BCUT2D eigenvalue weighted by molar-refractivity contribution is 7.89. The van der Waals surface area contributed by atoms with E-state index in [-0.39, 0.29) is 15.6 Å². The second-order valence-corrected chi connectivity index (χ2v) is 6.24. The van der Waals surface area contributed by atoms with Crippen LogP contribution in [0.4, 0.5) is 10.1 Å². The molecule has 0 unspecified atom stereocenters. The molecule has 1 rings (SSSR count). The van der Waals surface area contributed by atoms with Crippen molar-refractivity contribution < 1.29 is 12.8 Å². The smallest absolute Gasteiger partial charge is 0.243 e. The molecule has 18 heavy (non-hydrogen) atoms. The van der Waals surface area contributed by atoms with Crippen molar-refractivity contribution in [1.82, 2.24) is 4.72 Å². The summed E-state index contributed by atoms with van der Waals surface area (Å²) in [4.78, 5) is -0.314. The van der Waals surface area contributed by atoms with Gasteiger partial charge in [0.05, 0.1) is 16.2 Å². The van der Waals surface area contributed by atoms with Crippen molar-refractivity contribution in [3.63, 3.8) is 0 Å². The molecule has 3 N–H and O–H groups in total. The maximum absolute atomic E-state index is 13.1. The molecule has 1 aromatic carbocycles. The Morgan fingerprint density at radius 2 is 2.06 bits per heavy atom. The van der Waals surface area contributed by atoms with Crippen molar-refractivity contribution >= 4 is 27.3 Å². The standard InChI is InChI=1S/C11H12ClFN2O2S/c1-4-11(2,3)15-18(16,17)10-6-9(14)8(13)5-7(10)12/h1,5-6,15H,14H2,2-3H3. The SMILES string of the molecule is C#CC(C)(C)NS(=O)(=O)c1cc(N)c(F)cc1Cl. The number of terminal acetylenes is 1. The average Bonchev–Trinajstić information content (AvgIpc) is 2.21. The molecule has 0 amide bonds. The van der Waals surface area contributed by atoms with Crippen LogP contribution in [-0.2, 0) is 10.0 Å². The summed E-state index contributed by atoms with van der Waals surface area (Å²) in [6.45, 7) is 3.01. The van der Waals surface area contributed by atoms with Gasteiger partial charge in [0, 0.05) is 0 Å². The van der Waals surface area contributed by atoms with Crippen LogP contribution in [0.5, 0.6) is 0 Å². The van der Waals surface area contributed by atoms with Gasteiger partial charge < -0.3 is 5.73 Å². The van der Waals surface area contributed by atoms with Crippen molar-refractivity contribution in [1.29, 1.82) is 0 Å². The molecular formula is C11H12ClFN2O2S. The first-order chi connectivity index (χ1) is 8.09. The van der Waals surface area contributed by atoms with E-state index in [0.717, 1.165) is 12.1 Å². The zero-order valence-electron chi connectivity index (χ0n) is 9.79. The molecule has 0 aliphatic rings. The third-order valence-electron chi connectivity index (χ3n) is 2.09. The molecule has 0 saturated heterocycles. The number of nitrogen functional groups attached to an aromatic ring is 1. The third kappa shape index (κ3) is 3.13. The zero-order chi connectivity index (χ0) is 14.1. The van der Waals surface area contributed by atoms with E-state index in [2.05, 4.69) is 10.6 Å². The van der Waals surface area contributed by atoms with Crippen LogP contribution in [-0.4, -0.2) is 14.0 Å². The molecule has 7 heteroatoms. The van der Waals surface area contributed by atoms with Crippen molar-refractivity contribution in [2.45, 2.75) is 24.3 Å². The van der Waals surface area contributed by atoms with E-state index in [0.29, 0.717) is 0 Å². The summed E-state index contributed by atoms with van der Waals surface area (Å²) in [5.41, 5.74) is 3.92. The van der Waals surface area contributed by atoms with E-state index >= 15 is 0 Å². The molecule has 1 aromatic rings. The Morgan fingerprint density at radius 1 is 1.50 bits per heavy atom. The Hall–Kier alpha value is -1.29. The first-order valence-electron chi connectivity index (χ1n) is 4.85. The maximum Gasteiger partial charge on any atom is 0.243 e. The van der Waals surface area contributed by atoms with E-state index in [4.69, 9.17) is 23.8 Å². The van der Waals surface area contributed by atoms with E-state index in [1.807, 2.05) is 0 Å². The molecule has 98 valence electrons. The van der Waals surface area contributed by atoms with Crippen LogP contribution >= 0.6 is 11.6 Å². The van der Waals surface area contributed by atoms with Crippen LogP contribution < -0.4 is 10.5 Å². The fourth-order valence-electron chi connectivity index (χ4n) is 1.17. The summed E-state index contributed by atoms with van der Waals surface area (Å²) < 4.78 is 39.4. The molecule has 0 radical (unpaired) electrons. The number of hydrogen-bond donors (Lipinski definition) is 2. The summed E-state index contributed by atoms with van der Waals surface area (Å²) in [6, 6.07) is 1.79. The second-order valence-electron chi connectivity index (χ2n) is 4.18. The van der Waals surface area contributed by atoms with Crippen molar-refractivity contribution in [2.75, 3.05) is 5.73 Å². The van der Waals surface area contributed by atoms with Gasteiger partial charge in [-0.15, -0.1) is 6.42 Å². The highest BCUT2D eigenvalue weighted by atomic mass is 35.5. The van der Waals surface area contributed by atoms with Crippen molar-refractivity contribution in [2.24, 2.45) is 0 Å². The highest BCUT2D eigenvalue weighted by Crippen LogP contribution is 2.27. The van der Waals surface area contributed by atoms with Gasteiger partial charge in [-0.1, -0.05) is 17.5 Å². The van der Waals surface area contributed by atoms with Gasteiger partial charge in [0.25, 0.3) is 0 Å². The van der Waals surface area contributed by atoms with Crippen molar-refractivity contribution in [3.05, 3.63) is 23.0 Å². The number of benzene rings is 1. The number of hydrogen-bond acceptors (Lipinski definition) is 3. The van der Waals surface area contributed by atoms with Crippen LogP contribution in [0.2, 0.25) is 5.02 Å². The van der Waals surface area contributed by atoms with Crippen LogP contribution in [0.3, 0.4) is 0 Å². The number of nitrogens with two attached hydrogens (primary N) is 1. The summed E-state index contributed by atoms with van der Waals surface area (Å²) in [5, 5.41) is -0.262. The topological polar surface area (TPSA) is 72.2 Å². The Bertz CT molecular complexity index is 621. The normalized spacial score (nSPS) is 12.2. The van der Waals surface area contributed by atoms with Gasteiger partial charge in [0.1, 0.15) is 10.7 Å². The predicted molar refractivity (Wildman–Crippen MR) is 69.1 cm³/mol. The molecular weight excluding hydrogens is 279 g/mol. The first kappa shape index (κ1) is 14.8. The third-order valence-corrected chi connectivity index (χ3v) is 4.21. The highest BCUT2D eigenvalue weighted by Gasteiger charge is 2.26. The van der Waals surface area contributed by atoms with E-state index in [1.54, 1.807) is 0 Å². The Morgan fingerprint density at radius 3 is 2.56 bits per heavy atom. The lowest BCUT2D eigenvalue weighted by atomic mass is 10.1. The largest absolute Gasteiger partial charge is 0.396 e. The average molecular weight is 291 g/mol. The summed E-state index contributed by atoms with van der Waals surface area (Å²) in [5.74, 6) is 1.49. The fraction of sp³-hybridized carbons (Fsp3) is 0.273. The molecule has 0 aliphatic carbocycles. The zero-order valence-corrected chi connectivity index (χ0v) is 11.4. The molecule has 0 spiro atoms. The van der Waals surface area contributed by atoms with Crippen LogP contribution in [0.25, 0.3) is 0 Å². The maximum atomic E-state index is 13.1. The minimum Gasteiger partial charge on any atom is -0.396 e. The molecule has 0 aliphatic heterocycles. The minimum atomic E-state index is -3.97. The lowest BCUT2D eigenvalue weighted by molar-refractivity contribution is 0.539. The second kappa shape index (κ2) is 4.76. The van der Waals surface area contributed by atoms with Gasteiger partial charge in [0.2, 0.25) is 10.0 Å². The molecule has 0 atom stereocenters. The van der Waals surface area contributed by atoms with Crippen molar-refractivity contribution in [3.8, 4) is 12.3 Å². The Labute approximate surface area is 110 Å². The van der Waals surface area contributed by atoms with Gasteiger partial charge in [-0.3, -0.25) is 0 Å². The fourth-order valence-corrected chi connectivity index (χ4v) is 3.06. The quantitative estimate of drug-likeness (QED) is 0.658. The van der Waals surface area contributed by atoms with Gasteiger partial charge in [-0.2, -0.15) is 4.72 Å². The summed E-state index contributed by atoms with van der Waals surface area (Å²) in [7, 11) is -3.97. The predicted octanol–water partition coefficient (Wildman–Crippen LogP) is 1.75. The molecule has 0 aromatic heterocycles. The lowest BCUT2D eigenvalue weighted by Crippen LogP contribution is -2.42. The Balaban J connectivity index is 3.31. The number of nitrogens with one attached hydrogen (secondary N) is 1. The summed E-state index contributed by atoms with van der Waals surface area (Å²) in [6.07, 6.45) is 5.19.